The summed E-state index contributed by atoms with van der Waals surface area (Å²) in [5, 5.41) is 3.26. The fraction of sp³-hybridized carbons (Fsp3) is 0.200. The van der Waals surface area contributed by atoms with Gasteiger partial charge >= 0.3 is 0 Å². The Labute approximate surface area is 115 Å². The molecule has 0 bridgehead atoms. The van der Waals surface area contributed by atoms with E-state index in [1.54, 1.807) is 17.6 Å². The molecule has 1 atom stereocenters. The van der Waals surface area contributed by atoms with Gasteiger partial charge in [-0.05, 0) is 28.5 Å². The Hall–Kier alpha value is -1.25. The molecule has 1 nitrogen and oxygen atoms in total. The molecular weight excluding hydrogens is 264 g/mol. The number of rotatable bonds is 3. The molecule has 18 heavy (non-hydrogen) atoms. The quantitative estimate of drug-likeness (QED) is 0.585. The number of benzene rings is 1. The van der Waals surface area contributed by atoms with Crippen LogP contribution in [0.4, 0.5) is 0 Å². The molecule has 3 aromatic rings. The fourth-order valence-corrected chi connectivity index (χ4v) is 3.66. The van der Waals surface area contributed by atoms with E-state index in [9.17, 15) is 0 Å². The van der Waals surface area contributed by atoms with E-state index in [0.717, 1.165) is 17.7 Å². The van der Waals surface area contributed by atoms with Crippen molar-refractivity contribution in [2.45, 2.75) is 18.7 Å². The van der Waals surface area contributed by atoms with Crippen molar-refractivity contribution < 1.29 is 4.42 Å². The predicted octanol–water partition coefficient (Wildman–Crippen LogP) is 5.38. The molecule has 0 saturated heterocycles. The van der Waals surface area contributed by atoms with E-state index in [-0.39, 0.29) is 5.38 Å². The van der Waals surface area contributed by atoms with Crippen molar-refractivity contribution in [3.8, 4) is 0 Å². The van der Waals surface area contributed by atoms with Gasteiger partial charge < -0.3 is 4.42 Å². The van der Waals surface area contributed by atoms with Gasteiger partial charge in [0.1, 0.15) is 5.76 Å². The van der Waals surface area contributed by atoms with E-state index in [4.69, 9.17) is 16.0 Å². The summed E-state index contributed by atoms with van der Waals surface area (Å²) in [5.41, 5.74) is 2.26. The smallest absolute Gasteiger partial charge is 0.108 e. The molecule has 0 spiro atoms. The standard InChI is InChI=1S/C15H13ClOS/c1-2-13-11(7-8-17-13)15(16)12-9-18-14-6-4-3-5-10(12)14/h3-9,15H,2H2,1H3. The number of fused-ring (bicyclic) bond motifs is 1. The van der Waals surface area contributed by atoms with Crippen molar-refractivity contribution in [2.24, 2.45) is 0 Å². The first kappa shape index (κ1) is 11.8. The average molecular weight is 277 g/mol. The van der Waals surface area contributed by atoms with Crippen molar-refractivity contribution in [3.05, 3.63) is 58.9 Å². The maximum Gasteiger partial charge on any atom is 0.108 e. The van der Waals surface area contributed by atoms with Gasteiger partial charge in [-0.25, -0.2) is 0 Å². The first-order valence-corrected chi connectivity index (χ1v) is 7.29. The average Bonchev–Trinajstić information content (AvgIpc) is 3.04. The molecule has 0 N–H and O–H groups in total. The first-order chi connectivity index (χ1) is 8.81. The molecule has 1 aromatic carbocycles. The van der Waals surface area contributed by atoms with Gasteiger partial charge in [0.05, 0.1) is 11.6 Å². The molecule has 0 aliphatic rings. The Morgan fingerprint density at radius 2 is 2.06 bits per heavy atom. The van der Waals surface area contributed by atoms with Gasteiger partial charge in [-0.15, -0.1) is 22.9 Å². The van der Waals surface area contributed by atoms with Crippen molar-refractivity contribution in [2.75, 3.05) is 0 Å². The van der Waals surface area contributed by atoms with E-state index in [2.05, 4.69) is 36.6 Å². The Morgan fingerprint density at radius 3 is 2.89 bits per heavy atom. The number of hydrogen-bond acceptors (Lipinski definition) is 2. The van der Waals surface area contributed by atoms with Crippen molar-refractivity contribution in [1.29, 1.82) is 0 Å². The van der Waals surface area contributed by atoms with E-state index < -0.39 is 0 Å². The number of aryl methyl sites for hydroxylation is 1. The van der Waals surface area contributed by atoms with Crippen LogP contribution in [0.2, 0.25) is 0 Å². The number of hydrogen-bond donors (Lipinski definition) is 0. The molecule has 3 heteroatoms. The highest BCUT2D eigenvalue weighted by Gasteiger charge is 2.19. The molecule has 2 heterocycles. The van der Waals surface area contributed by atoms with Gasteiger partial charge in [0.2, 0.25) is 0 Å². The van der Waals surface area contributed by atoms with Crippen LogP contribution in [0.15, 0.2) is 46.4 Å². The molecule has 1 unspecified atom stereocenters. The number of halogens is 1. The monoisotopic (exact) mass is 276 g/mol. The summed E-state index contributed by atoms with van der Waals surface area (Å²) in [5.74, 6) is 0.977. The Morgan fingerprint density at radius 1 is 1.22 bits per heavy atom. The van der Waals surface area contributed by atoms with Gasteiger partial charge in [0.15, 0.2) is 0 Å². The minimum Gasteiger partial charge on any atom is -0.469 e. The fourth-order valence-electron chi connectivity index (χ4n) is 2.23. The summed E-state index contributed by atoms with van der Waals surface area (Å²) in [6, 6.07) is 10.3. The molecule has 0 amide bonds. The predicted molar refractivity (Wildman–Crippen MR) is 77.6 cm³/mol. The summed E-state index contributed by atoms with van der Waals surface area (Å²) in [6.07, 6.45) is 2.59. The van der Waals surface area contributed by atoms with Crippen LogP contribution >= 0.6 is 22.9 Å². The topological polar surface area (TPSA) is 13.1 Å². The minimum atomic E-state index is -0.130. The second-order valence-corrected chi connectivity index (χ2v) is 5.55. The lowest BCUT2D eigenvalue weighted by Gasteiger charge is -2.08. The molecule has 0 aliphatic heterocycles. The Kier molecular flexibility index (Phi) is 3.14. The van der Waals surface area contributed by atoms with Gasteiger partial charge in [-0.1, -0.05) is 25.1 Å². The summed E-state index contributed by atoms with van der Waals surface area (Å²) < 4.78 is 6.74. The SMILES string of the molecule is CCc1occc1C(Cl)c1csc2ccccc12. The van der Waals surface area contributed by atoms with Gasteiger partial charge in [-0.3, -0.25) is 0 Å². The third kappa shape index (κ3) is 1.86. The largest absolute Gasteiger partial charge is 0.469 e. The number of furan rings is 1. The van der Waals surface area contributed by atoms with E-state index >= 15 is 0 Å². The Balaban J connectivity index is 2.09. The van der Waals surface area contributed by atoms with Crippen LogP contribution < -0.4 is 0 Å². The molecule has 2 aromatic heterocycles. The lowest BCUT2D eigenvalue weighted by atomic mass is 10.0. The maximum atomic E-state index is 6.62. The highest BCUT2D eigenvalue weighted by Crippen LogP contribution is 2.38. The molecule has 0 radical (unpaired) electrons. The summed E-state index contributed by atoms with van der Waals surface area (Å²) in [4.78, 5) is 0. The van der Waals surface area contributed by atoms with Crippen molar-refractivity contribution in [1.82, 2.24) is 0 Å². The highest BCUT2D eigenvalue weighted by molar-refractivity contribution is 7.17. The van der Waals surface area contributed by atoms with Crippen LogP contribution in [0, 0.1) is 0 Å². The lowest BCUT2D eigenvalue weighted by Crippen LogP contribution is -1.94. The third-order valence-electron chi connectivity index (χ3n) is 3.16. The number of thiophene rings is 1. The lowest BCUT2D eigenvalue weighted by molar-refractivity contribution is 0.512. The van der Waals surface area contributed by atoms with Gasteiger partial charge in [0, 0.05) is 16.7 Å². The van der Waals surface area contributed by atoms with Crippen LogP contribution in [0.5, 0.6) is 0 Å². The summed E-state index contributed by atoms with van der Waals surface area (Å²) in [7, 11) is 0. The van der Waals surface area contributed by atoms with Gasteiger partial charge in [0.25, 0.3) is 0 Å². The van der Waals surface area contributed by atoms with Crippen LogP contribution in [0.3, 0.4) is 0 Å². The van der Waals surface area contributed by atoms with E-state index in [1.807, 2.05) is 6.07 Å². The highest BCUT2D eigenvalue weighted by atomic mass is 35.5. The number of alkyl halides is 1. The molecule has 0 fully saturated rings. The molecule has 0 saturated carbocycles. The molecule has 3 rings (SSSR count). The minimum absolute atomic E-state index is 0.130. The van der Waals surface area contributed by atoms with Crippen LogP contribution in [-0.4, -0.2) is 0 Å². The molecular formula is C15H13ClOS. The second kappa shape index (κ2) is 4.79. The third-order valence-corrected chi connectivity index (χ3v) is 4.61. The Bertz CT molecular complexity index is 668. The zero-order valence-corrected chi connectivity index (χ0v) is 11.6. The van der Waals surface area contributed by atoms with E-state index in [1.165, 1.54) is 15.6 Å². The van der Waals surface area contributed by atoms with E-state index in [0.29, 0.717) is 0 Å². The maximum absolute atomic E-state index is 6.62. The van der Waals surface area contributed by atoms with Crippen LogP contribution in [0.1, 0.15) is 29.2 Å². The summed E-state index contributed by atoms with van der Waals surface area (Å²) in [6.45, 7) is 2.08. The van der Waals surface area contributed by atoms with Crippen LogP contribution in [0.25, 0.3) is 10.1 Å². The normalized spacial score (nSPS) is 13.0. The molecule has 0 aliphatic carbocycles. The van der Waals surface area contributed by atoms with Crippen molar-refractivity contribution in [3.63, 3.8) is 0 Å². The van der Waals surface area contributed by atoms with Crippen LogP contribution in [-0.2, 0) is 6.42 Å². The molecule has 92 valence electrons. The second-order valence-electron chi connectivity index (χ2n) is 4.20. The first-order valence-electron chi connectivity index (χ1n) is 5.97. The van der Waals surface area contributed by atoms with Crippen molar-refractivity contribution >= 4 is 33.0 Å². The summed E-state index contributed by atoms with van der Waals surface area (Å²) >= 11 is 8.36. The van der Waals surface area contributed by atoms with Gasteiger partial charge in [-0.2, -0.15) is 0 Å². The zero-order chi connectivity index (χ0) is 12.5. The zero-order valence-electron chi connectivity index (χ0n) is 10.0.